The molecule has 1 aliphatic rings. The summed E-state index contributed by atoms with van der Waals surface area (Å²) >= 11 is 0. The van der Waals surface area contributed by atoms with Gasteiger partial charge in [0.1, 0.15) is 0 Å². The van der Waals surface area contributed by atoms with E-state index in [0.717, 1.165) is 11.8 Å². The summed E-state index contributed by atoms with van der Waals surface area (Å²) in [6.07, 6.45) is 12.4. The van der Waals surface area contributed by atoms with Crippen molar-refractivity contribution in [1.29, 1.82) is 0 Å². The van der Waals surface area contributed by atoms with Crippen LogP contribution in [0.3, 0.4) is 0 Å². The Morgan fingerprint density at radius 1 is 1.40 bits per heavy atom. The largest absolute Gasteiger partial charge is 0.0810 e. The molecule has 2 unspecified atom stereocenters. The number of hydrogen-bond donors (Lipinski definition) is 0. The normalized spacial score (nSPS) is 21.4. The highest BCUT2D eigenvalue weighted by molar-refractivity contribution is 5.21. The van der Waals surface area contributed by atoms with Crippen molar-refractivity contribution in [3.05, 3.63) is 23.8 Å². The van der Waals surface area contributed by atoms with Crippen LogP contribution in [0.4, 0.5) is 0 Å². The Morgan fingerprint density at radius 2 is 2.07 bits per heavy atom. The first-order valence-electron chi connectivity index (χ1n) is 6.59. The number of rotatable bonds is 4. The van der Waals surface area contributed by atoms with Crippen molar-refractivity contribution < 1.29 is 0 Å². The summed E-state index contributed by atoms with van der Waals surface area (Å²) < 4.78 is 0. The van der Waals surface area contributed by atoms with Gasteiger partial charge in [0.2, 0.25) is 0 Å². The first kappa shape index (κ1) is 14.5. The summed E-state index contributed by atoms with van der Waals surface area (Å²) in [6, 6.07) is 0. The van der Waals surface area contributed by atoms with Crippen molar-refractivity contribution in [2.75, 3.05) is 0 Å². The minimum absolute atomic E-state index is 0.801. The van der Waals surface area contributed by atoms with Crippen molar-refractivity contribution in [3.8, 4) is 0 Å². The summed E-state index contributed by atoms with van der Waals surface area (Å²) in [4.78, 5) is 0. The van der Waals surface area contributed by atoms with E-state index in [2.05, 4.69) is 39.0 Å². The second-order valence-corrected chi connectivity index (χ2v) is 4.33. The average molecular weight is 208 g/mol. The van der Waals surface area contributed by atoms with Gasteiger partial charge in [-0.2, -0.15) is 0 Å². The van der Waals surface area contributed by atoms with Gasteiger partial charge >= 0.3 is 0 Å². The third-order valence-corrected chi connectivity index (χ3v) is 3.06. The van der Waals surface area contributed by atoms with Gasteiger partial charge in [-0.1, -0.05) is 70.8 Å². The zero-order chi connectivity index (χ0) is 11.7. The molecule has 0 spiro atoms. The molecule has 1 rings (SSSR count). The Hall–Kier alpha value is -0.520. The zero-order valence-corrected chi connectivity index (χ0v) is 11.2. The van der Waals surface area contributed by atoms with Crippen LogP contribution in [0.25, 0.3) is 0 Å². The Kier molecular flexibility index (Phi) is 8.46. The fourth-order valence-electron chi connectivity index (χ4n) is 1.91. The Balaban J connectivity index is 0.000000921. The molecule has 0 heterocycles. The minimum Gasteiger partial charge on any atom is -0.0810 e. The zero-order valence-electron chi connectivity index (χ0n) is 11.2. The minimum atomic E-state index is 0.801. The number of unbranched alkanes of at least 4 members (excludes halogenated alkanes) is 1. The Bertz CT molecular complexity index is 198. The van der Waals surface area contributed by atoms with Gasteiger partial charge in [-0.3, -0.25) is 0 Å². The van der Waals surface area contributed by atoms with Crippen LogP contribution in [-0.2, 0) is 0 Å². The summed E-state index contributed by atoms with van der Waals surface area (Å²) in [7, 11) is 0. The SMILES string of the molecule is CC.CCCCC(C)C1C=CC(C)=CC1. The van der Waals surface area contributed by atoms with Crippen LogP contribution in [0.1, 0.15) is 60.3 Å². The van der Waals surface area contributed by atoms with Crippen LogP contribution in [0, 0.1) is 11.8 Å². The summed E-state index contributed by atoms with van der Waals surface area (Å²) in [6.45, 7) is 10.8. The van der Waals surface area contributed by atoms with Crippen LogP contribution >= 0.6 is 0 Å². The molecule has 2 atom stereocenters. The van der Waals surface area contributed by atoms with E-state index in [1.165, 1.54) is 31.3 Å². The lowest BCUT2D eigenvalue weighted by atomic mass is 9.84. The van der Waals surface area contributed by atoms with Gasteiger partial charge in [-0.25, -0.2) is 0 Å². The molecule has 0 saturated heterocycles. The first-order chi connectivity index (χ1) is 7.24. The standard InChI is InChI=1S/C13H22.C2H6/c1-4-5-6-12(3)13-9-7-11(2)8-10-13;1-2/h7-9,12-13H,4-6,10H2,1-3H3;1-2H3. The van der Waals surface area contributed by atoms with Crippen LogP contribution < -0.4 is 0 Å². The lowest BCUT2D eigenvalue weighted by Crippen LogP contribution is -2.10. The van der Waals surface area contributed by atoms with E-state index in [1.807, 2.05) is 13.8 Å². The quantitative estimate of drug-likeness (QED) is 0.583. The van der Waals surface area contributed by atoms with E-state index in [0.29, 0.717) is 0 Å². The monoisotopic (exact) mass is 208 g/mol. The van der Waals surface area contributed by atoms with Crippen molar-refractivity contribution in [1.82, 2.24) is 0 Å². The first-order valence-corrected chi connectivity index (χ1v) is 6.59. The molecule has 15 heavy (non-hydrogen) atoms. The van der Waals surface area contributed by atoms with Crippen LogP contribution in [-0.4, -0.2) is 0 Å². The fourth-order valence-corrected chi connectivity index (χ4v) is 1.91. The highest BCUT2D eigenvalue weighted by atomic mass is 14.2. The Labute approximate surface area is 96.5 Å². The van der Waals surface area contributed by atoms with Crippen molar-refractivity contribution in [3.63, 3.8) is 0 Å². The highest BCUT2D eigenvalue weighted by Gasteiger charge is 2.14. The molecule has 0 aliphatic heterocycles. The molecule has 0 radical (unpaired) electrons. The lowest BCUT2D eigenvalue weighted by molar-refractivity contribution is 0.389. The molecular weight excluding hydrogens is 180 g/mol. The molecule has 88 valence electrons. The van der Waals surface area contributed by atoms with Crippen LogP contribution in [0.2, 0.25) is 0 Å². The smallest absolute Gasteiger partial charge is 0.0170 e. The maximum atomic E-state index is 2.40. The van der Waals surface area contributed by atoms with Gasteiger partial charge in [-0.05, 0) is 25.2 Å². The molecule has 0 aromatic carbocycles. The van der Waals surface area contributed by atoms with E-state index < -0.39 is 0 Å². The number of allylic oxidation sites excluding steroid dienone is 4. The topological polar surface area (TPSA) is 0 Å². The van der Waals surface area contributed by atoms with E-state index in [4.69, 9.17) is 0 Å². The van der Waals surface area contributed by atoms with Gasteiger partial charge < -0.3 is 0 Å². The highest BCUT2D eigenvalue weighted by Crippen LogP contribution is 2.26. The van der Waals surface area contributed by atoms with E-state index in [1.54, 1.807) is 0 Å². The molecule has 0 aromatic heterocycles. The molecule has 0 N–H and O–H groups in total. The summed E-state index contributed by atoms with van der Waals surface area (Å²) in [5, 5.41) is 0. The van der Waals surface area contributed by atoms with Gasteiger partial charge in [-0.15, -0.1) is 0 Å². The predicted molar refractivity (Wildman–Crippen MR) is 71.0 cm³/mol. The van der Waals surface area contributed by atoms with Gasteiger partial charge in [0.15, 0.2) is 0 Å². The molecule has 0 heteroatoms. The predicted octanol–water partition coefficient (Wildman–Crippen LogP) is 5.36. The third-order valence-electron chi connectivity index (χ3n) is 3.06. The molecule has 0 fully saturated rings. The fraction of sp³-hybridized carbons (Fsp3) is 0.733. The van der Waals surface area contributed by atoms with E-state index in [-0.39, 0.29) is 0 Å². The van der Waals surface area contributed by atoms with E-state index >= 15 is 0 Å². The number of hydrogen-bond acceptors (Lipinski definition) is 0. The molecular formula is C15H28. The summed E-state index contributed by atoms with van der Waals surface area (Å²) in [5.41, 5.74) is 1.43. The van der Waals surface area contributed by atoms with Gasteiger partial charge in [0.25, 0.3) is 0 Å². The van der Waals surface area contributed by atoms with Crippen molar-refractivity contribution in [2.45, 2.75) is 60.3 Å². The maximum Gasteiger partial charge on any atom is -0.0170 e. The molecule has 0 nitrogen and oxygen atoms in total. The van der Waals surface area contributed by atoms with Gasteiger partial charge in [0, 0.05) is 0 Å². The maximum absolute atomic E-state index is 2.40. The molecule has 0 aromatic rings. The van der Waals surface area contributed by atoms with Crippen LogP contribution in [0.5, 0.6) is 0 Å². The molecule has 0 bridgehead atoms. The summed E-state index contributed by atoms with van der Waals surface area (Å²) in [5.74, 6) is 1.66. The second kappa shape index (κ2) is 8.76. The van der Waals surface area contributed by atoms with Crippen molar-refractivity contribution in [2.24, 2.45) is 11.8 Å². The van der Waals surface area contributed by atoms with Crippen LogP contribution in [0.15, 0.2) is 23.8 Å². The third kappa shape index (κ3) is 5.81. The molecule has 0 amide bonds. The lowest BCUT2D eigenvalue weighted by Gasteiger charge is -2.22. The Morgan fingerprint density at radius 3 is 2.53 bits per heavy atom. The molecule has 1 aliphatic carbocycles. The molecule has 0 saturated carbocycles. The second-order valence-electron chi connectivity index (χ2n) is 4.33. The van der Waals surface area contributed by atoms with E-state index in [9.17, 15) is 0 Å². The van der Waals surface area contributed by atoms with Crippen molar-refractivity contribution >= 4 is 0 Å². The van der Waals surface area contributed by atoms with Gasteiger partial charge in [0.05, 0.1) is 0 Å². The average Bonchev–Trinajstić information content (AvgIpc) is 2.29.